The van der Waals surface area contributed by atoms with Gasteiger partial charge in [0.05, 0.1) is 4.88 Å². The summed E-state index contributed by atoms with van der Waals surface area (Å²) in [5.74, 6) is 0.00911. The van der Waals surface area contributed by atoms with Gasteiger partial charge in [-0.25, -0.2) is 4.79 Å². The Morgan fingerprint density at radius 3 is 2.78 bits per heavy atom. The molecule has 0 radical (unpaired) electrons. The summed E-state index contributed by atoms with van der Waals surface area (Å²) in [6, 6.07) is 3.67. The van der Waals surface area contributed by atoms with E-state index in [-0.39, 0.29) is 5.91 Å². The summed E-state index contributed by atoms with van der Waals surface area (Å²) >= 11 is 2.99. The molecule has 6 heteroatoms. The van der Waals surface area contributed by atoms with Crippen molar-refractivity contribution in [1.82, 2.24) is 5.32 Å². The number of amides is 1. The minimum atomic E-state index is -1.09. The fraction of sp³-hybridized carbons (Fsp3) is 0.500. The SMILES string of the molecule is CCc1ccc(C(=O)N[C@]2(C(=O)O)CCSC2)s1. The van der Waals surface area contributed by atoms with Crippen LogP contribution in [-0.4, -0.2) is 34.0 Å². The number of carboxylic acid groups (broad SMARTS) is 1. The maximum Gasteiger partial charge on any atom is 0.330 e. The molecule has 1 amide bonds. The normalized spacial score (nSPS) is 22.9. The molecule has 1 aromatic heterocycles. The summed E-state index contributed by atoms with van der Waals surface area (Å²) in [7, 11) is 0. The van der Waals surface area contributed by atoms with Gasteiger partial charge in [-0.2, -0.15) is 11.8 Å². The number of thiophene rings is 1. The summed E-state index contributed by atoms with van der Waals surface area (Å²) in [4.78, 5) is 25.1. The zero-order valence-corrected chi connectivity index (χ0v) is 11.7. The molecule has 1 atom stereocenters. The van der Waals surface area contributed by atoms with E-state index in [0.717, 1.165) is 17.1 Å². The molecule has 1 saturated heterocycles. The molecule has 18 heavy (non-hydrogen) atoms. The van der Waals surface area contributed by atoms with Crippen molar-refractivity contribution < 1.29 is 14.7 Å². The Morgan fingerprint density at radius 1 is 1.50 bits per heavy atom. The van der Waals surface area contributed by atoms with Crippen molar-refractivity contribution in [1.29, 1.82) is 0 Å². The molecular weight excluding hydrogens is 270 g/mol. The molecule has 0 aliphatic carbocycles. The van der Waals surface area contributed by atoms with Crippen molar-refractivity contribution in [2.45, 2.75) is 25.3 Å². The van der Waals surface area contributed by atoms with Crippen molar-refractivity contribution in [3.05, 3.63) is 21.9 Å². The molecule has 1 fully saturated rings. The molecule has 0 saturated carbocycles. The number of carboxylic acids is 1. The molecule has 0 aromatic carbocycles. The number of carbonyl (C=O) groups is 2. The van der Waals surface area contributed by atoms with Gasteiger partial charge in [0.25, 0.3) is 5.91 Å². The van der Waals surface area contributed by atoms with Crippen LogP contribution in [0.2, 0.25) is 0 Å². The van der Waals surface area contributed by atoms with Crippen molar-refractivity contribution in [2.24, 2.45) is 0 Å². The van der Waals surface area contributed by atoms with Crippen molar-refractivity contribution in [3.8, 4) is 0 Å². The van der Waals surface area contributed by atoms with E-state index >= 15 is 0 Å². The molecule has 1 aliphatic rings. The van der Waals surface area contributed by atoms with Crippen LogP contribution in [0.4, 0.5) is 0 Å². The number of aryl methyl sites for hydroxylation is 1. The summed E-state index contributed by atoms with van der Waals surface area (Å²) in [5.41, 5.74) is -1.09. The van der Waals surface area contributed by atoms with Gasteiger partial charge in [0, 0.05) is 10.6 Å². The third-order valence-electron chi connectivity index (χ3n) is 3.02. The van der Waals surface area contributed by atoms with Crippen molar-refractivity contribution in [2.75, 3.05) is 11.5 Å². The van der Waals surface area contributed by atoms with Crippen LogP contribution in [0.5, 0.6) is 0 Å². The third-order valence-corrected chi connectivity index (χ3v) is 5.44. The average molecular weight is 285 g/mol. The third kappa shape index (κ3) is 2.54. The standard InChI is InChI=1S/C12H15NO3S2/c1-2-8-3-4-9(18-8)10(14)13-12(11(15)16)5-6-17-7-12/h3-4H,2,5-7H2,1H3,(H,13,14)(H,15,16)/t12-/m1/s1. The van der Waals surface area contributed by atoms with Crippen LogP contribution in [0.1, 0.15) is 27.9 Å². The van der Waals surface area contributed by atoms with E-state index < -0.39 is 11.5 Å². The zero-order chi connectivity index (χ0) is 13.2. The molecule has 2 rings (SSSR count). The molecular formula is C12H15NO3S2. The van der Waals surface area contributed by atoms with Gasteiger partial charge in [-0.1, -0.05) is 6.92 Å². The first-order chi connectivity index (χ1) is 8.57. The van der Waals surface area contributed by atoms with Gasteiger partial charge in [-0.3, -0.25) is 4.79 Å². The van der Waals surface area contributed by atoms with E-state index in [4.69, 9.17) is 0 Å². The van der Waals surface area contributed by atoms with E-state index in [0.29, 0.717) is 17.1 Å². The Morgan fingerprint density at radius 2 is 2.28 bits per heavy atom. The summed E-state index contributed by atoms with van der Waals surface area (Å²) < 4.78 is 0. The number of hydrogen-bond acceptors (Lipinski definition) is 4. The Hall–Kier alpha value is -1.01. The van der Waals surface area contributed by atoms with Gasteiger partial charge in [-0.15, -0.1) is 11.3 Å². The largest absolute Gasteiger partial charge is 0.479 e. The second-order valence-electron chi connectivity index (χ2n) is 4.26. The molecule has 0 unspecified atom stereocenters. The van der Waals surface area contributed by atoms with E-state index in [9.17, 15) is 14.7 Å². The van der Waals surface area contributed by atoms with Gasteiger partial charge >= 0.3 is 5.97 Å². The first-order valence-corrected chi connectivity index (χ1v) is 7.77. The number of aliphatic carboxylic acids is 1. The number of hydrogen-bond donors (Lipinski definition) is 2. The lowest BCUT2D eigenvalue weighted by molar-refractivity contribution is -0.143. The predicted octanol–water partition coefficient (Wildman–Crippen LogP) is 2.00. The number of nitrogens with one attached hydrogen (secondary N) is 1. The van der Waals surface area contributed by atoms with Crippen LogP contribution in [0.25, 0.3) is 0 Å². The average Bonchev–Trinajstić information content (AvgIpc) is 2.97. The highest BCUT2D eigenvalue weighted by atomic mass is 32.2. The predicted molar refractivity (Wildman–Crippen MR) is 73.5 cm³/mol. The molecule has 0 spiro atoms. The topological polar surface area (TPSA) is 66.4 Å². The van der Waals surface area contributed by atoms with Crippen LogP contribution < -0.4 is 5.32 Å². The van der Waals surface area contributed by atoms with Gasteiger partial charge in [0.1, 0.15) is 5.54 Å². The van der Waals surface area contributed by atoms with Crippen LogP contribution in [0.15, 0.2) is 12.1 Å². The summed E-state index contributed by atoms with van der Waals surface area (Å²) in [5, 5.41) is 12.0. The smallest absolute Gasteiger partial charge is 0.330 e. The maximum absolute atomic E-state index is 12.1. The lowest BCUT2D eigenvalue weighted by Crippen LogP contribution is -2.54. The highest BCUT2D eigenvalue weighted by molar-refractivity contribution is 7.99. The van der Waals surface area contributed by atoms with Crippen LogP contribution in [-0.2, 0) is 11.2 Å². The first kappa shape index (κ1) is 13.4. The fourth-order valence-electron chi connectivity index (χ4n) is 1.85. The number of thioether (sulfide) groups is 1. The lowest BCUT2D eigenvalue weighted by atomic mass is 9.99. The Kier molecular flexibility index (Phi) is 3.97. The summed E-state index contributed by atoms with van der Waals surface area (Å²) in [6.07, 6.45) is 1.38. The van der Waals surface area contributed by atoms with Crippen LogP contribution in [0.3, 0.4) is 0 Å². The molecule has 1 aromatic rings. The Balaban J connectivity index is 2.12. The second-order valence-corrected chi connectivity index (χ2v) is 6.54. The Bertz CT molecular complexity index is 464. The molecule has 4 nitrogen and oxygen atoms in total. The van der Waals surface area contributed by atoms with E-state index in [1.165, 1.54) is 11.3 Å². The van der Waals surface area contributed by atoms with Gasteiger partial charge in [0.15, 0.2) is 0 Å². The highest BCUT2D eigenvalue weighted by Gasteiger charge is 2.43. The minimum absolute atomic E-state index is 0.274. The van der Waals surface area contributed by atoms with E-state index in [1.807, 2.05) is 13.0 Å². The quantitative estimate of drug-likeness (QED) is 0.888. The van der Waals surface area contributed by atoms with Crippen LogP contribution in [0, 0.1) is 0 Å². The fourth-order valence-corrected chi connectivity index (χ4v) is 4.02. The maximum atomic E-state index is 12.1. The van der Waals surface area contributed by atoms with Crippen LogP contribution >= 0.6 is 23.1 Å². The molecule has 2 N–H and O–H groups in total. The zero-order valence-electron chi connectivity index (χ0n) is 10.1. The minimum Gasteiger partial charge on any atom is -0.479 e. The van der Waals surface area contributed by atoms with Crippen molar-refractivity contribution in [3.63, 3.8) is 0 Å². The lowest BCUT2D eigenvalue weighted by Gasteiger charge is -2.24. The van der Waals surface area contributed by atoms with Crippen molar-refractivity contribution >= 4 is 35.0 Å². The molecule has 1 aliphatic heterocycles. The molecule has 98 valence electrons. The second kappa shape index (κ2) is 5.32. The number of carbonyl (C=O) groups excluding carboxylic acids is 1. The van der Waals surface area contributed by atoms with Gasteiger partial charge in [-0.05, 0) is 30.7 Å². The molecule has 0 bridgehead atoms. The van der Waals surface area contributed by atoms with Gasteiger partial charge < -0.3 is 10.4 Å². The monoisotopic (exact) mass is 285 g/mol. The van der Waals surface area contributed by atoms with E-state index in [1.54, 1.807) is 17.8 Å². The number of rotatable bonds is 4. The van der Waals surface area contributed by atoms with Gasteiger partial charge in [0.2, 0.25) is 0 Å². The summed E-state index contributed by atoms with van der Waals surface area (Å²) in [6.45, 7) is 2.03. The molecule has 2 heterocycles. The first-order valence-electron chi connectivity index (χ1n) is 5.80. The Labute approximate surface area is 114 Å². The van der Waals surface area contributed by atoms with E-state index in [2.05, 4.69) is 5.32 Å². The highest BCUT2D eigenvalue weighted by Crippen LogP contribution is 2.29.